The molecule has 3 rings (SSSR count). The Kier molecular flexibility index (Phi) is 5.33. The molecule has 0 aliphatic carbocycles. The van der Waals surface area contributed by atoms with E-state index in [1.807, 2.05) is 66.5 Å². The molecule has 0 radical (unpaired) electrons. The summed E-state index contributed by atoms with van der Waals surface area (Å²) >= 11 is 1.40. The molecule has 25 heavy (non-hydrogen) atoms. The SMILES string of the molecule is CCN(Cc1ccccc1)C(=O)CSc1nnc2nc(C)cc(C)n12. The molecule has 6 nitrogen and oxygen atoms in total. The second kappa shape index (κ2) is 7.65. The molecular formula is C18H21N5OS. The van der Waals surface area contributed by atoms with E-state index in [9.17, 15) is 4.79 Å². The lowest BCUT2D eigenvalue weighted by Gasteiger charge is -2.20. The van der Waals surface area contributed by atoms with Crippen LogP contribution >= 0.6 is 11.8 Å². The molecule has 0 aliphatic heterocycles. The molecule has 0 N–H and O–H groups in total. The Hall–Kier alpha value is -2.41. The van der Waals surface area contributed by atoms with Crippen molar-refractivity contribution in [3.05, 3.63) is 53.3 Å². The summed E-state index contributed by atoms with van der Waals surface area (Å²) < 4.78 is 1.89. The molecule has 0 unspecified atom stereocenters. The molecule has 2 heterocycles. The summed E-state index contributed by atoms with van der Waals surface area (Å²) in [5.41, 5.74) is 3.05. The lowest BCUT2D eigenvalue weighted by atomic mass is 10.2. The van der Waals surface area contributed by atoms with Gasteiger partial charge in [-0.2, -0.15) is 0 Å². The number of thioether (sulfide) groups is 1. The van der Waals surface area contributed by atoms with Crippen molar-refractivity contribution >= 4 is 23.4 Å². The Balaban J connectivity index is 1.69. The molecule has 130 valence electrons. The molecule has 0 saturated carbocycles. The standard InChI is InChI=1S/C18H21N5OS/c1-4-22(11-15-8-6-5-7-9-15)16(24)12-25-18-21-20-17-19-13(2)10-14(3)23(17)18/h5-10H,4,11-12H2,1-3H3. The van der Waals surface area contributed by atoms with Crippen molar-refractivity contribution in [2.75, 3.05) is 12.3 Å². The number of nitrogens with zero attached hydrogens (tertiary/aromatic N) is 5. The van der Waals surface area contributed by atoms with Gasteiger partial charge in [0.15, 0.2) is 5.16 Å². The number of aromatic nitrogens is 4. The van der Waals surface area contributed by atoms with Gasteiger partial charge in [-0.25, -0.2) is 4.98 Å². The van der Waals surface area contributed by atoms with Crippen LogP contribution in [-0.2, 0) is 11.3 Å². The highest BCUT2D eigenvalue weighted by atomic mass is 32.2. The maximum absolute atomic E-state index is 12.6. The first kappa shape index (κ1) is 17.4. The summed E-state index contributed by atoms with van der Waals surface area (Å²) in [6, 6.07) is 12.0. The molecule has 1 aromatic carbocycles. The number of carbonyl (C=O) groups is 1. The fourth-order valence-corrected chi connectivity index (χ4v) is 3.58. The number of fused-ring (bicyclic) bond motifs is 1. The lowest BCUT2D eigenvalue weighted by molar-refractivity contribution is -0.128. The van der Waals surface area contributed by atoms with Crippen LogP contribution in [0.2, 0.25) is 0 Å². The number of benzene rings is 1. The van der Waals surface area contributed by atoms with Crippen molar-refractivity contribution in [1.82, 2.24) is 24.5 Å². The second-order valence-electron chi connectivity index (χ2n) is 5.84. The zero-order valence-electron chi connectivity index (χ0n) is 14.6. The predicted molar refractivity (Wildman–Crippen MR) is 98.5 cm³/mol. The molecule has 2 aromatic heterocycles. The highest BCUT2D eigenvalue weighted by Crippen LogP contribution is 2.19. The van der Waals surface area contributed by atoms with E-state index in [1.165, 1.54) is 11.8 Å². The van der Waals surface area contributed by atoms with E-state index >= 15 is 0 Å². The smallest absolute Gasteiger partial charge is 0.256 e. The average molecular weight is 355 g/mol. The summed E-state index contributed by atoms with van der Waals surface area (Å²) in [4.78, 5) is 18.8. The fraction of sp³-hybridized carbons (Fsp3) is 0.333. The van der Waals surface area contributed by atoms with Crippen molar-refractivity contribution in [2.24, 2.45) is 0 Å². The third-order valence-corrected chi connectivity index (χ3v) is 4.85. The number of amides is 1. The van der Waals surface area contributed by atoms with Crippen LogP contribution in [0.3, 0.4) is 0 Å². The third-order valence-electron chi connectivity index (χ3n) is 3.94. The van der Waals surface area contributed by atoms with E-state index < -0.39 is 0 Å². The first-order valence-corrected chi connectivity index (χ1v) is 9.21. The van der Waals surface area contributed by atoms with Gasteiger partial charge in [0.2, 0.25) is 5.91 Å². The number of carbonyl (C=O) groups excluding carboxylic acids is 1. The van der Waals surface area contributed by atoms with E-state index in [2.05, 4.69) is 15.2 Å². The van der Waals surface area contributed by atoms with Gasteiger partial charge in [-0.3, -0.25) is 9.20 Å². The van der Waals surface area contributed by atoms with Gasteiger partial charge in [0.1, 0.15) is 0 Å². The van der Waals surface area contributed by atoms with Crippen molar-refractivity contribution in [2.45, 2.75) is 32.5 Å². The molecule has 0 spiro atoms. The number of aryl methyl sites for hydroxylation is 2. The molecule has 3 aromatic rings. The van der Waals surface area contributed by atoms with Crippen LogP contribution in [0.4, 0.5) is 0 Å². The van der Waals surface area contributed by atoms with Crippen molar-refractivity contribution < 1.29 is 4.79 Å². The minimum atomic E-state index is 0.0887. The van der Waals surface area contributed by atoms with Gasteiger partial charge in [-0.1, -0.05) is 42.1 Å². The normalized spacial score (nSPS) is 11.0. The lowest BCUT2D eigenvalue weighted by Crippen LogP contribution is -2.31. The Bertz CT molecular complexity index is 878. The largest absolute Gasteiger partial charge is 0.338 e. The van der Waals surface area contributed by atoms with Gasteiger partial charge in [0.05, 0.1) is 5.75 Å². The summed E-state index contributed by atoms with van der Waals surface area (Å²) in [5, 5.41) is 8.99. The van der Waals surface area contributed by atoms with E-state index in [4.69, 9.17) is 0 Å². The van der Waals surface area contributed by atoms with Crippen molar-refractivity contribution in [3.63, 3.8) is 0 Å². The second-order valence-corrected chi connectivity index (χ2v) is 6.78. The van der Waals surface area contributed by atoms with Gasteiger partial charge in [0, 0.05) is 24.5 Å². The van der Waals surface area contributed by atoms with E-state index in [-0.39, 0.29) is 5.91 Å². The minimum absolute atomic E-state index is 0.0887. The summed E-state index contributed by atoms with van der Waals surface area (Å²) in [7, 11) is 0. The van der Waals surface area contributed by atoms with Gasteiger partial charge >= 0.3 is 0 Å². The van der Waals surface area contributed by atoms with Crippen LogP contribution < -0.4 is 0 Å². The first-order valence-electron chi connectivity index (χ1n) is 8.22. The first-order chi connectivity index (χ1) is 12.1. The third kappa shape index (κ3) is 3.99. The number of hydrogen-bond donors (Lipinski definition) is 0. The van der Waals surface area contributed by atoms with Crippen LogP contribution in [0.15, 0.2) is 41.6 Å². The monoisotopic (exact) mass is 355 g/mol. The Morgan fingerprint density at radius 2 is 1.96 bits per heavy atom. The summed E-state index contributed by atoms with van der Waals surface area (Å²) in [6.07, 6.45) is 0. The van der Waals surface area contributed by atoms with Gasteiger partial charge in [0.25, 0.3) is 5.78 Å². The zero-order valence-corrected chi connectivity index (χ0v) is 15.5. The van der Waals surface area contributed by atoms with E-state index in [0.717, 1.165) is 17.0 Å². The molecule has 7 heteroatoms. The molecule has 0 atom stereocenters. The predicted octanol–water partition coefficient (Wildman–Crippen LogP) is 2.88. The number of hydrogen-bond acceptors (Lipinski definition) is 5. The summed E-state index contributed by atoms with van der Waals surface area (Å²) in [6.45, 7) is 7.21. The van der Waals surface area contributed by atoms with Crippen LogP contribution in [0.25, 0.3) is 5.78 Å². The van der Waals surface area contributed by atoms with Crippen LogP contribution in [0, 0.1) is 13.8 Å². The zero-order chi connectivity index (χ0) is 17.8. The number of rotatable bonds is 6. The van der Waals surface area contributed by atoms with Crippen LogP contribution in [0.5, 0.6) is 0 Å². The van der Waals surface area contributed by atoms with Gasteiger partial charge < -0.3 is 4.90 Å². The van der Waals surface area contributed by atoms with Crippen LogP contribution in [0.1, 0.15) is 23.9 Å². The van der Waals surface area contributed by atoms with Crippen molar-refractivity contribution in [1.29, 1.82) is 0 Å². The molecular weight excluding hydrogens is 334 g/mol. The topological polar surface area (TPSA) is 63.4 Å². The Morgan fingerprint density at radius 3 is 2.68 bits per heavy atom. The van der Waals surface area contributed by atoms with Gasteiger partial charge in [-0.15, -0.1) is 10.2 Å². The highest BCUT2D eigenvalue weighted by Gasteiger charge is 2.16. The quantitative estimate of drug-likeness (QED) is 0.636. The maximum atomic E-state index is 12.6. The van der Waals surface area contributed by atoms with E-state index in [1.54, 1.807) is 0 Å². The maximum Gasteiger partial charge on any atom is 0.256 e. The highest BCUT2D eigenvalue weighted by molar-refractivity contribution is 7.99. The molecule has 0 aliphatic rings. The van der Waals surface area contributed by atoms with Crippen molar-refractivity contribution in [3.8, 4) is 0 Å². The average Bonchev–Trinajstić information content (AvgIpc) is 3.01. The fourth-order valence-electron chi connectivity index (χ4n) is 2.69. The van der Waals surface area contributed by atoms with Gasteiger partial charge in [-0.05, 0) is 32.4 Å². The van der Waals surface area contributed by atoms with Crippen LogP contribution in [-0.4, -0.2) is 42.7 Å². The van der Waals surface area contributed by atoms with E-state index in [0.29, 0.717) is 29.8 Å². The molecule has 0 fully saturated rings. The molecule has 0 bridgehead atoms. The Morgan fingerprint density at radius 1 is 1.20 bits per heavy atom. The Labute approximate surface area is 151 Å². The molecule has 0 saturated heterocycles. The molecule has 1 amide bonds. The summed E-state index contributed by atoms with van der Waals surface area (Å²) in [5.74, 6) is 0.990. The minimum Gasteiger partial charge on any atom is -0.338 e.